The van der Waals surface area contributed by atoms with Crippen LogP contribution in [0.5, 0.6) is 5.75 Å². The number of anilines is 1. The van der Waals surface area contributed by atoms with Crippen molar-refractivity contribution in [1.82, 2.24) is 5.16 Å². The third-order valence-electron chi connectivity index (χ3n) is 4.21. The van der Waals surface area contributed by atoms with Crippen LogP contribution in [0, 0.1) is 13.8 Å². The summed E-state index contributed by atoms with van der Waals surface area (Å²) in [4.78, 5) is 24.2. The molecule has 2 aromatic carbocycles. The normalized spacial score (nSPS) is 10.5. The summed E-state index contributed by atoms with van der Waals surface area (Å²) >= 11 is 0. The second kappa shape index (κ2) is 7.86. The highest BCUT2D eigenvalue weighted by Gasteiger charge is 2.15. The van der Waals surface area contributed by atoms with Gasteiger partial charge in [0, 0.05) is 11.3 Å². The van der Waals surface area contributed by atoms with Gasteiger partial charge in [-0.25, -0.2) is 0 Å². The number of amides is 1. The van der Waals surface area contributed by atoms with Crippen LogP contribution in [0.25, 0.3) is 0 Å². The average Bonchev–Trinajstić information content (AvgIpc) is 2.98. The second-order valence-corrected chi connectivity index (χ2v) is 6.18. The quantitative estimate of drug-likeness (QED) is 0.659. The summed E-state index contributed by atoms with van der Waals surface area (Å²) in [5, 5.41) is 6.71. The first-order chi connectivity index (χ1) is 13.0. The molecular formula is C21H20N2O4. The van der Waals surface area contributed by atoms with Crippen molar-refractivity contribution in [2.75, 3.05) is 5.32 Å². The second-order valence-electron chi connectivity index (χ2n) is 6.18. The number of carbonyl (C=O) groups excluding carboxylic acids is 2. The summed E-state index contributed by atoms with van der Waals surface area (Å²) in [6, 6.07) is 13.8. The molecule has 27 heavy (non-hydrogen) atoms. The number of aryl methyl sites for hydroxylation is 2. The van der Waals surface area contributed by atoms with E-state index in [9.17, 15) is 9.59 Å². The number of hydrogen-bond acceptors (Lipinski definition) is 5. The van der Waals surface area contributed by atoms with E-state index in [1.54, 1.807) is 48.5 Å². The first-order valence-electron chi connectivity index (χ1n) is 8.51. The molecule has 0 atom stereocenters. The van der Waals surface area contributed by atoms with Crippen LogP contribution in [-0.4, -0.2) is 16.8 Å². The van der Waals surface area contributed by atoms with E-state index in [0.717, 1.165) is 11.3 Å². The molecule has 138 valence electrons. The van der Waals surface area contributed by atoms with Gasteiger partial charge >= 0.3 is 0 Å². The SMILES string of the molecule is CC(=O)c1cccc(NC(=O)c2ccccc2OCc2c(C)noc2C)c1. The van der Waals surface area contributed by atoms with Crippen molar-refractivity contribution in [2.24, 2.45) is 0 Å². The van der Waals surface area contributed by atoms with Gasteiger partial charge in [-0.2, -0.15) is 0 Å². The maximum atomic E-state index is 12.7. The molecule has 1 heterocycles. The Morgan fingerprint density at radius 2 is 1.89 bits per heavy atom. The van der Waals surface area contributed by atoms with Gasteiger partial charge in [-0.3, -0.25) is 9.59 Å². The highest BCUT2D eigenvalue weighted by molar-refractivity contribution is 6.06. The van der Waals surface area contributed by atoms with Crippen molar-refractivity contribution in [3.63, 3.8) is 0 Å². The molecular weight excluding hydrogens is 344 g/mol. The first-order valence-corrected chi connectivity index (χ1v) is 8.51. The molecule has 3 rings (SSSR count). The molecule has 0 saturated heterocycles. The molecule has 0 bridgehead atoms. The van der Waals surface area contributed by atoms with Crippen LogP contribution >= 0.6 is 0 Å². The zero-order valence-electron chi connectivity index (χ0n) is 15.4. The highest BCUT2D eigenvalue weighted by Crippen LogP contribution is 2.23. The zero-order valence-corrected chi connectivity index (χ0v) is 15.4. The molecule has 0 fully saturated rings. The molecule has 3 aromatic rings. The van der Waals surface area contributed by atoms with Gasteiger partial charge in [0.2, 0.25) is 0 Å². The summed E-state index contributed by atoms with van der Waals surface area (Å²) in [6.45, 7) is 5.40. The Morgan fingerprint density at radius 3 is 2.59 bits per heavy atom. The average molecular weight is 364 g/mol. The summed E-state index contributed by atoms with van der Waals surface area (Å²) in [5.74, 6) is 0.771. The van der Waals surface area contributed by atoms with Gasteiger partial charge < -0.3 is 14.6 Å². The fourth-order valence-electron chi connectivity index (χ4n) is 2.65. The largest absolute Gasteiger partial charge is 0.488 e. The molecule has 6 heteroatoms. The fourth-order valence-corrected chi connectivity index (χ4v) is 2.65. The van der Waals surface area contributed by atoms with Crippen LogP contribution in [0.4, 0.5) is 5.69 Å². The van der Waals surface area contributed by atoms with Gasteiger partial charge in [-0.1, -0.05) is 29.4 Å². The van der Waals surface area contributed by atoms with E-state index in [0.29, 0.717) is 28.3 Å². The minimum Gasteiger partial charge on any atom is -0.488 e. The third kappa shape index (κ3) is 4.23. The van der Waals surface area contributed by atoms with Crippen LogP contribution < -0.4 is 10.1 Å². The van der Waals surface area contributed by atoms with E-state index in [1.807, 2.05) is 13.8 Å². The number of para-hydroxylation sites is 1. The lowest BCUT2D eigenvalue weighted by Crippen LogP contribution is -2.14. The number of ketones is 1. The smallest absolute Gasteiger partial charge is 0.259 e. The maximum absolute atomic E-state index is 12.7. The monoisotopic (exact) mass is 364 g/mol. The van der Waals surface area contributed by atoms with Crippen molar-refractivity contribution < 1.29 is 18.8 Å². The number of carbonyl (C=O) groups is 2. The van der Waals surface area contributed by atoms with Crippen LogP contribution in [0.2, 0.25) is 0 Å². The van der Waals surface area contributed by atoms with Crippen LogP contribution in [-0.2, 0) is 6.61 Å². The highest BCUT2D eigenvalue weighted by atomic mass is 16.5. The molecule has 0 spiro atoms. The number of aromatic nitrogens is 1. The Hall–Kier alpha value is -3.41. The van der Waals surface area contributed by atoms with E-state index >= 15 is 0 Å². The van der Waals surface area contributed by atoms with Gasteiger partial charge in [-0.05, 0) is 45.0 Å². The summed E-state index contributed by atoms with van der Waals surface area (Å²) in [7, 11) is 0. The zero-order chi connectivity index (χ0) is 19.4. The molecule has 1 N–H and O–H groups in total. The number of Topliss-reactive ketones (excluding diaryl/α,β-unsaturated/α-hetero) is 1. The van der Waals surface area contributed by atoms with Crippen molar-refractivity contribution in [1.29, 1.82) is 0 Å². The van der Waals surface area contributed by atoms with E-state index in [-0.39, 0.29) is 18.3 Å². The van der Waals surface area contributed by atoms with Crippen molar-refractivity contribution in [3.8, 4) is 5.75 Å². The standard InChI is InChI=1S/C21H20N2O4/c1-13-19(15(3)27-23-13)12-26-20-10-5-4-9-18(20)21(25)22-17-8-6-7-16(11-17)14(2)24/h4-11H,12H2,1-3H3,(H,22,25). The van der Waals surface area contributed by atoms with E-state index in [4.69, 9.17) is 9.26 Å². The molecule has 0 aliphatic heterocycles. The minimum atomic E-state index is -0.315. The van der Waals surface area contributed by atoms with Gasteiger partial charge in [0.05, 0.1) is 16.8 Å². The Labute approximate surface area is 157 Å². The van der Waals surface area contributed by atoms with E-state index in [1.165, 1.54) is 6.92 Å². The van der Waals surface area contributed by atoms with Crippen LogP contribution in [0.3, 0.4) is 0 Å². The van der Waals surface area contributed by atoms with Crippen molar-refractivity contribution in [2.45, 2.75) is 27.4 Å². The Balaban J connectivity index is 1.78. The third-order valence-corrected chi connectivity index (χ3v) is 4.21. The Bertz CT molecular complexity index is 972. The van der Waals surface area contributed by atoms with Gasteiger partial charge in [0.1, 0.15) is 18.1 Å². The topological polar surface area (TPSA) is 81.4 Å². The number of benzene rings is 2. The molecule has 0 aliphatic rings. The molecule has 0 unspecified atom stereocenters. The summed E-state index contributed by atoms with van der Waals surface area (Å²) < 4.78 is 11.0. The molecule has 6 nitrogen and oxygen atoms in total. The van der Waals surface area contributed by atoms with Gasteiger partial charge in [-0.15, -0.1) is 0 Å². The van der Waals surface area contributed by atoms with Crippen molar-refractivity contribution in [3.05, 3.63) is 76.7 Å². The molecule has 1 aromatic heterocycles. The van der Waals surface area contributed by atoms with Gasteiger partial charge in [0.15, 0.2) is 5.78 Å². The number of hydrogen-bond donors (Lipinski definition) is 1. The lowest BCUT2D eigenvalue weighted by Gasteiger charge is -2.12. The molecule has 1 amide bonds. The Kier molecular flexibility index (Phi) is 5.35. The lowest BCUT2D eigenvalue weighted by atomic mass is 10.1. The van der Waals surface area contributed by atoms with Gasteiger partial charge in [0.25, 0.3) is 5.91 Å². The molecule has 0 saturated carbocycles. The number of nitrogens with one attached hydrogen (secondary N) is 1. The van der Waals surface area contributed by atoms with E-state index in [2.05, 4.69) is 10.5 Å². The number of nitrogens with zero attached hydrogens (tertiary/aromatic N) is 1. The van der Waals surface area contributed by atoms with Crippen LogP contribution in [0.15, 0.2) is 53.1 Å². The fraction of sp³-hybridized carbons (Fsp3) is 0.190. The predicted octanol–water partition coefficient (Wildman–Crippen LogP) is 4.33. The molecule has 0 radical (unpaired) electrons. The maximum Gasteiger partial charge on any atom is 0.259 e. The number of rotatable bonds is 6. The molecule has 0 aliphatic carbocycles. The lowest BCUT2D eigenvalue weighted by molar-refractivity contribution is 0.100. The minimum absolute atomic E-state index is 0.0608. The van der Waals surface area contributed by atoms with Crippen molar-refractivity contribution >= 4 is 17.4 Å². The van der Waals surface area contributed by atoms with E-state index < -0.39 is 0 Å². The number of ether oxygens (including phenoxy) is 1. The first kappa shape index (κ1) is 18.4. The predicted molar refractivity (Wildman–Crippen MR) is 101 cm³/mol. The summed E-state index contributed by atoms with van der Waals surface area (Å²) in [5.41, 5.74) is 3.11. The Morgan fingerprint density at radius 1 is 1.11 bits per heavy atom. The summed E-state index contributed by atoms with van der Waals surface area (Å²) in [6.07, 6.45) is 0. The van der Waals surface area contributed by atoms with Crippen LogP contribution in [0.1, 0.15) is 44.7 Å².